The second-order valence-electron chi connectivity index (χ2n) is 7.12. The molecule has 0 heterocycles. The maximum atomic E-state index is 11.9. The monoisotopic (exact) mass is 442 g/mol. The first-order valence-electron chi connectivity index (χ1n) is 9.28. The molecular weight excluding hydrogens is 415 g/mol. The molecule has 2 aliphatic rings. The Bertz CT molecular complexity index is 543. The zero-order chi connectivity index (χ0) is 17.0. The smallest absolute Gasteiger partial charge is 0.324 e. The Morgan fingerprint density at radius 1 is 1.12 bits per heavy atom. The number of esters is 1. The molecule has 0 spiro atoms. The first-order chi connectivity index (χ1) is 11.6. The summed E-state index contributed by atoms with van der Waals surface area (Å²) in [6, 6.07) is 7.60. The van der Waals surface area contributed by atoms with Crippen molar-refractivity contribution in [3.05, 3.63) is 24.3 Å². The maximum absolute atomic E-state index is 11.9. The highest BCUT2D eigenvalue weighted by Crippen LogP contribution is 2.46. The van der Waals surface area contributed by atoms with Crippen molar-refractivity contribution in [3.63, 3.8) is 0 Å². The highest BCUT2D eigenvalue weighted by Gasteiger charge is 2.44. The number of halogens is 1. The minimum absolute atomic E-state index is 0.0458. The predicted molar refractivity (Wildman–Crippen MR) is 104 cm³/mol. The average molecular weight is 442 g/mol. The molecule has 0 saturated heterocycles. The second kappa shape index (κ2) is 8.07. The molecule has 1 unspecified atom stereocenters. The topological polar surface area (TPSA) is 35.5 Å². The fourth-order valence-corrected chi connectivity index (χ4v) is 4.30. The number of carbonyl (C=O) groups excluding carboxylic acids is 1. The normalized spacial score (nSPS) is 21.6. The molecule has 0 bridgehead atoms. The molecule has 24 heavy (non-hydrogen) atoms. The quantitative estimate of drug-likeness (QED) is 0.246. The molecule has 0 aliphatic heterocycles. The number of carbonyl (C=O) groups is 1. The number of alkyl halides is 1. The van der Waals surface area contributed by atoms with Crippen molar-refractivity contribution >= 4 is 28.6 Å². The molecule has 2 aliphatic carbocycles. The van der Waals surface area contributed by atoms with Gasteiger partial charge in [0.2, 0.25) is 0 Å². The van der Waals surface area contributed by atoms with Crippen LogP contribution in [0.1, 0.15) is 64.7 Å². The molecular formula is C20H27IO3. The standard InChI is InChI=1S/C20H27IO3/c1-2-18(21)19(22)23-16-9-11-17(12-10-16)24-20(13-5-6-14-20)15-7-3-4-8-15/h9-12,15,18H,2-8,13-14H2,1H3. The van der Waals surface area contributed by atoms with Crippen LogP contribution in [0.15, 0.2) is 24.3 Å². The molecule has 3 rings (SSSR count). The van der Waals surface area contributed by atoms with Gasteiger partial charge in [-0.05, 0) is 75.1 Å². The third-order valence-electron chi connectivity index (χ3n) is 5.53. The Balaban J connectivity index is 1.65. The van der Waals surface area contributed by atoms with Crippen molar-refractivity contribution < 1.29 is 14.3 Å². The minimum atomic E-state index is -0.176. The molecule has 0 amide bonds. The number of hydrogen-bond acceptors (Lipinski definition) is 3. The Kier molecular flexibility index (Phi) is 6.06. The molecule has 4 heteroatoms. The third kappa shape index (κ3) is 4.06. The highest BCUT2D eigenvalue weighted by molar-refractivity contribution is 14.1. The molecule has 1 aromatic rings. The molecule has 3 nitrogen and oxygen atoms in total. The molecule has 2 fully saturated rings. The van der Waals surface area contributed by atoms with E-state index in [1.165, 1.54) is 51.4 Å². The molecule has 0 N–H and O–H groups in total. The van der Waals surface area contributed by atoms with Crippen LogP contribution < -0.4 is 9.47 Å². The lowest BCUT2D eigenvalue weighted by Crippen LogP contribution is -2.40. The van der Waals surface area contributed by atoms with Crippen LogP contribution in [0.5, 0.6) is 11.5 Å². The van der Waals surface area contributed by atoms with Crippen LogP contribution in [0.4, 0.5) is 0 Å². The van der Waals surface area contributed by atoms with Gasteiger partial charge in [0.1, 0.15) is 21.0 Å². The second-order valence-corrected chi connectivity index (χ2v) is 8.63. The van der Waals surface area contributed by atoms with Gasteiger partial charge in [-0.25, -0.2) is 0 Å². The summed E-state index contributed by atoms with van der Waals surface area (Å²) in [6.07, 6.45) is 11.0. The first-order valence-corrected chi connectivity index (χ1v) is 10.5. The summed E-state index contributed by atoms with van der Waals surface area (Å²) in [4.78, 5) is 11.9. The van der Waals surface area contributed by atoms with Crippen molar-refractivity contribution in [3.8, 4) is 11.5 Å². The van der Waals surface area contributed by atoms with Gasteiger partial charge in [0.25, 0.3) is 0 Å². The minimum Gasteiger partial charge on any atom is -0.487 e. The van der Waals surface area contributed by atoms with Gasteiger partial charge >= 0.3 is 5.97 Å². The summed E-state index contributed by atoms with van der Waals surface area (Å²) in [5.74, 6) is 2.04. The lowest BCUT2D eigenvalue weighted by atomic mass is 9.84. The average Bonchev–Trinajstić information content (AvgIpc) is 3.28. The Hall–Kier alpha value is -0.780. The first kappa shape index (κ1) is 18.0. The molecule has 2 saturated carbocycles. The Morgan fingerprint density at radius 3 is 2.29 bits per heavy atom. The zero-order valence-corrected chi connectivity index (χ0v) is 16.6. The SMILES string of the molecule is CCC(I)C(=O)Oc1ccc(OC2(C3CCCC3)CCCC2)cc1. The van der Waals surface area contributed by atoms with Gasteiger partial charge in [-0.15, -0.1) is 0 Å². The molecule has 0 aromatic heterocycles. The molecule has 1 atom stereocenters. The van der Waals surface area contributed by atoms with Crippen LogP contribution in [-0.4, -0.2) is 15.5 Å². The number of ether oxygens (including phenoxy) is 2. The van der Waals surface area contributed by atoms with Gasteiger partial charge in [0.15, 0.2) is 0 Å². The van der Waals surface area contributed by atoms with E-state index in [1.54, 1.807) is 0 Å². The van der Waals surface area contributed by atoms with Crippen molar-refractivity contribution in [2.24, 2.45) is 5.92 Å². The van der Waals surface area contributed by atoms with Crippen LogP contribution in [0.3, 0.4) is 0 Å². The largest absolute Gasteiger partial charge is 0.487 e. The van der Waals surface area contributed by atoms with E-state index in [1.807, 2.05) is 31.2 Å². The fraction of sp³-hybridized carbons (Fsp3) is 0.650. The fourth-order valence-electron chi connectivity index (χ4n) is 4.18. The lowest BCUT2D eigenvalue weighted by Gasteiger charge is -2.36. The van der Waals surface area contributed by atoms with E-state index in [4.69, 9.17) is 9.47 Å². The summed E-state index contributed by atoms with van der Waals surface area (Å²) in [6.45, 7) is 1.99. The molecule has 1 aromatic carbocycles. The number of hydrogen-bond donors (Lipinski definition) is 0. The number of rotatable bonds is 6. The lowest BCUT2D eigenvalue weighted by molar-refractivity contribution is -0.133. The van der Waals surface area contributed by atoms with E-state index >= 15 is 0 Å². The summed E-state index contributed by atoms with van der Waals surface area (Å²) in [5, 5.41) is 0. The maximum Gasteiger partial charge on any atom is 0.324 e. The van der Waals surface area contributed by atoms with Gasteiger partial charge in [-0.2, -0.15) is 0 Å². The van der Waals surface area contributed by atoms with Crippen LogP contribution in [0.2, 0.25) is 0 Å². The summed E-state index contributed by atoms with van der Waals surface area (Å²) < 4.78 is 11.9. The summed E-state index contributed by atoms with van der Waals surface area (Å²) in [7, 11) is 0. The van der Waals surface area contributed by atoms with Crippen molar-refractivity contribution in [1.82, 2.24) is 0 Å². The van der Waals surface area contributed by atoms with E-state index in [0.29, 0.717) is 11.7 Å². The van der Waals surface area contributed by atoms with E-state index in [9.17, 15) is 4.79 Å². The van der Waals surface area contributed by atoms with Crippen LogP contribution >= 0.6 is 22.6 Å². The van der Waals surface area contributed by atoms with Gasteiger partial charge in [0.05, 0.1) is 0 Å². The van der Waals surface area contributed by atoms with Crippen molar-refractivity contribution in [2.75, 3.05) is 0 Å². The third-order valence-corrected chi connectivity index (χ3v) is 6.92. The highest BCUT2D eigenvalue weighted by atomic mass is 127. The van der Waals surface area contributed by atoms with Crippen LogP contribution in [-0.2, 0) is 4.79 Å². The van der Waals surface area contributed by atoms with Crippen molar-refractivity contribution in [2.45, 2.75) is 74.2 Å². The summed E-state index contributed by atoms with van der Waals surface area (Å²) in [5.41, 5.74) is 0.0458. The summed E-state index contributed by atoms with van der Waals surface area (Å²) >= 11 is 2.12. The van der Waals surface area contributed by atoms with E-state index in [0.717, 1.165) is 12.2 Å². The Labute approximate surface area is 158 Å². The molecule has 0 radical (unpaired) electrons. The van der Waals surface area contributed by atoms with E-state index < -0.39 is 0 Å². The van der Waals surface area contributed by atoms with Crippen LogP contribution in [0, 0.1) is 5.92 Å². The van der Waals surface area contributed by atoms with Gasteiger partial charge in [-0.3, -0.25) is 4.79 Å². The number of benzene rings is 1. The zero-order valence-electron chi connectivity index (χ0n) is 14.4. The molecule has 132 valence electrons. The predicted octanol–water partition coefficient (Wildman–Crippen LogP) is 5.69. The van der Waals surface area contributed by atoms with Crippen molar-refractivity contribution in [1.29, 1.82) is 0 Å². The van der Waals surface area contributed by atoms with Gasteiger partial charge in [0, 0.05) is 0 Å². The van der Waals surface area contributed by atoms with E-state index in [2.05, 4.69) is 22.6 Å². The van der Waals surface area contributed by atoms with Gasteiger partial charge in [-0.1, -0.05) is 42.4 Å². The van der Waals surface area contributed by atoms with E-state index in [-0.39, 0.29) is 15.5 Å². The van der Waals surface area contributed by atoms with Gasteiger partial charge < -0.3 is 9.47 Å². The Morgan fingerprint density at radius 2 is 1.71 bits per heavy atom. The van der Waals surface area contributed by atoms with Crippen LogP contribution in [0.25, 0.3) is 0 Å².